The summed E-state index contributed by atoms with van der Waals surface area (Å²) in [6, 6.07) is 0. The van der Waals surface area contributed by atoms with E-state index >= 15 is 0 Å². The molecule has 0 aromatic heterocycles. The first-order valence-corrected chi connectivity index (χ1v) is 4.10. The number of hydrogen-bond acceptors (Lipinski definition) is 2. The summed E-state index contributed by atoms with van der Waals surface area (Å²) in [5.74, 6) is 1.59. The topological polar surface area (TPSA) is 32.3 Å². The van der Waals surface area contributed by atoms with Crippen molar-refractivity contribution < 1.29 is 5.11 Å². The fourth-order valence-corrected chi connectivity index (χ4v) is 2.42. The third-order valence-corrected chi connectivity index (χ3v) is 3.41. The minimum Gasteiger partial charge on any atom is -0.396 e. The van der Waals surface area contributed by atoms with E-state index in [0.29, 0.717) is 6.61 Å². The molecule has 0 spiro atoms. The summed E-state index contributed by atoms with van der Waals surface area (Å²) in [5.41, 5.74) is 0.281. The first kappa shape index (κ1) is 6.62. The largest absolute Gasteiger partial charge is 0.396 e. The van der Waals surface area contributed by atoms with Crippen molar-refractivity contribution in [3.63, 3.8) is 0 Å². The Hall–Kier alpha value is -0.0800. The average Bonchev–Trinajstić information content (AvgIpc) is 2.60. The summed E-state index contributed by atoms with van der Waals surface area (Å²) >= 11 is 0. The molecule has 3 atom stereocenters. The Labute approximate surface area is 61.6 Å². The van der Waals surface area contributed by atoms with Crippen molar-refractivity contribution in [3.8, 4) is 0 Å². The van der Waals surface area contributed by atoms with Crippen molar-refractivity contribution in [2.75, 3.05) is 19.7 Å². The van der Waals surface area contributed by atoms with Gasteiger partial charge in [-0.15, -0.1) is 0 Å². The van der Waals surface area contributed by atoms with Gasteiger partial charge in [0.1, 0.15) is 0 Å². The van der Waals surface area contributed by atoms with Crippen LogP contribution < -0.4 is 5.32 Å². The van der Waals surface area contributed by atoms with E-state index < -0.39 is 0 Å². The van der Waals surface area contributed by atoms with Gasteiger partial charge in [0.05, 0.1) is 0 Å². The van der Waals surface area contributed by atoms with Gasteiger partial charge in [0, 0.05) is 6.61 Å². The van der Waals surface area contributed by atoms with E-state index in [0.717, 1.165) is 24.9 Å². The summed E-state index contributed by atoms with van der Waals surface area (Å²) in [5, 5.41) is 12.4. The van der Waals surface area contributed by atoms with Crippen LogP contribution in [0.15, 0.2) is 0 Å². The van der Waals surface area contributed by atoms with Gasteiger partial charge in [-0.05, 0) is 36.8 Å². The van der Waals surface area contributed by atoms with Crippen molar-refractivity contribution in [2.24, 2.45) is 17.3 Å². The van der Waals surface area contributed by atoms with Crippen LogP contribution in [0.2, 0.25) is 0 Å². The summed E-state index contributed by atoms with van der Waals surface area (Å²) in [4.78, 5) is 0. The molecule has 0 amide bonds. The van der Waals surface area contributed by atoms with Crippen molar-refractivity contribution >= 4 is 0 Å². The van der Waals surface area contributed by atoms with Crippen LogP contribution in [0.3, 0.4) is 0 Å². The highest BCUT2D eigenvalue weighted by molar-refractivity contribution is 5.10. The second-order valence-corrected chi connectivity index (χ2v) is 3.87. The maximum absolute atomic E-state index is 9.07. The van der Waals surface area contributed by atoms with Crippen LogP contribution in [0.5, 0.6) is 0 Å². The zero-order valence-electron chi connectivity index (χ0n) is 6.43. The normalized spacial score (nSPS) is 52.2. The van der Waals surface area contributed by atoms with Crippen molar-refractivity contribution in [1.29, 1.82) is 0 Å². The molecule has 2 aliphatic rings. The molecule has 2 nitrogen and oxygen atoms in total. The van der Waals surface area contributed by atoms with Crippen molar-refractivity contribution in [3.05, 3.63) is 0 Å². The Morgan fingerprint density at radius 3 is 2.90 bits per heavy atom. The van der Waals surface area contributed by atoms with Gasteiger partial charge in [0.15, 0.2) is 0 Å². The number of hydrogen-bond donors (Lipinski definition) is 2. The summed E-state index contributed by atoms with van der Waals surface area (Å²) < 4.78 is 0. The van der Waals surface area contributed by atoms with Crippen LogP contribution in [0.25, 0.3) is 0 Å². The molecule has 1 saturated heterocycles. The van der Waals surface area contributed by atoms with Gasteiger partial charge < -0.3 is 10.4 Å². The van der Waals surface area contributed by atoms with Gasteiger partial charge in [-0.3, -0.25) is 0 Å². The van der Waals surface area contributed by atoms with Gasteiger partial charge >= 0.3 is 0 Å². The summed E-state index contributed by atoms with van der Waals surface area (Å²) in [6.07, 6.45) is 1.27. The van der Waals surface area contributed by atoms with Gasteiger partial charge in [0.25, 0.3) is 0 Å². The third-order valence-electron chi connectivity index (χ3n) is 3.41. The highest BCUT2D eigenvalue weighted by atomic mass is 16.3. The van der Waals surface area contributed by atoms with E-state index in [1.807, 2.05) is 0 Å². The van der Waals surface area contributed by atoms with E-state index in [-0.39, 0.29) is 5.41 Å². The van der Waals surface area contributed by atoms with Gasteiger partial charge in [-0.25, -0.2) is 0 Å². The molecule has 0 radical (unpaired) electrons. The maximum Gasteiger partial charge on any atom is 0.0490 e. The van der Waals surface area contributed by atoms with E-state index in [4.69, 9.17) is 5.11 Å². The molecule has 10 heavy (non-hydrogen) atoms. The molecule has 0 aromatic carbocycles. The second-order valence-electron chi connectivity index (χ2n) is 3.87. The molecular weight excluding hydrogens is 126 g/mol. The predicted molar refractivity (Wildman–Crippen MR) is 39.7 cm³/mol. The molecular formula is C8H15NO. The van der Waals surface area contributed by atoms with E-state index in [9.17, 15) is 0 Å². The van der Waals surface area contributed by atoms with Gasteiger partial charge in [-0.2, -0.15) is 0 Å². The Morgan fingerprint density at radius 2 is 2.40 bits per heavy atom. The smallest absolute Gasteiger partial charge is 0.0490 e. The lowest BCUT2D eigenvalue weighted by Crippen LogP contribution is -2.23. The molecule has 1 aliphatic heterocycles. The Bertz CT molecular complexity index is 134. The number of piperidine rings is 1. The molecule has 1 aliphatic carbocycles. The van der Waals surface area contributed by atoms with E-state index in [1.54, 1.807) is 0 Å². The first-order chi connectivity index (χ1) is 4.79. The van der Waals surface area contributed by atoms with Crippen molar-refractivity contribution in [1.82, 2.24) is 5.32 Å². The standard InChI is InChI=1S/C8H15NO/c1-8(5-10)6-2-3-9-4-7(6)8/h6-7,9-10H,2-5H2,1H3. The minimum atomic E-state index is 0.281. The number of fused-ring (bicyclic) bond motifs is 1. The second kappa shape index (κ2) is 1.95. The average molecular weight is 141 g/mol. The monoisotopic (exact) mass is 141 g/mol. The van der Waals surface area contributed by atoms with Crippen molar-refractivity contribution in [2.45, 2.75) is 13.3 Å². The van der Waals surface area contributed by atoms with Crippen LogP contribution in [0, 0.1) is 17.3 Å². The molecule has 0 aromatic rings. The molecule has 0 bridgehead atoms. The van der Waals surface area contributed by atoms with Gasteiger partial charge in [0.2, 0.25) is 0 Å². The lowest BCUT2D eigenvalue weighted by atomic mass is 10.1. The van der Waals surface area contributed by atoms with E-state index in [2.05, 4.69) is 12.2 Å². The van der Waals surface area contributed by atoms with Gasteiger partial charge in [-0.1, -0.05) is 6.92 Å². The summed E-state index contributed by atoms with van der Waals surface area (Å²) in [6.45, 7) is 4.86. The molecule has 2 heteroatoms. The number of nitrogens with one attached hydrogen (secondary N) is 1. The molecule has 58 valence electrons. The molecule has 3 unspecified atom stereocenters. The van der Waals surface area contributed by atoms with Crippen LogP contribution in [-0.2, 0) is 0 Å². The van der Waals surface area contributed by atoms with E-state index in [1.165, 1.54) is 6.42 Å². The quantitative estimate of drug-likeness (QED) is 0.547. The minimum absolute atomic E-state index is 0.281. The summed E-state index contributed by atoms with van der Waals surface area (Å²) in [7, 11) is 0. The molecule has 1 heterocycles. The van der Waals surface area contributed by atoms with Crippen LogP contribution in [0.1, 0.15) is 13.3 Å². The fraction of sp³-hybridized carbons (Fsp3) is 1.00. The molecule has 2 rings (SSSR count). The Morgan fingerprint density at radius 1 is 1.60 bits per heavy atom. The lowest BCUT2D eigenvalue weighted by Gasteiger charge is -2.07. The highest BCUT2D eigenvalue weighted by Gasteiger charge is 2.60. The molecule has 2 fully saturated rings. The molecule has 1 saturated carbocycles. The predicted octanol–water partition coefficient (Wildman–Crippen LogP) is 0.224. The third kappa shape index (κ3) is 0.663. The molecule has 2 N–H and O–H groups in total. The maximum atomic E-state index is 9.07. The zero-order valence-corrected chi connectivity index (χ0v) is 6.43. The number of rotatable bonds is 1. The van der Waals surface area contributed by atoms with Crippen LogP contribution in [-0.4, -0.2) is 24.8 Å². The SMILES string of the molecule is CC1(CO)C2CCNCC21. The highest BCUT2D eigenvalue weighted by Crippen LogP contribution is 2.60. The van der Waals surface area contributed by atoms with Crippen LogP contribution in [0.4, 0.5) is 0 Å². The number of aliphatic hydroxyl groups excluding tert-OH is 1. The number of aliphatic hydroxyl groups is 1. The lowest BCUT2D eigenvalue weighted by molar-refractivity contribution is 0.204. The van der Waals surface area contributed by atoms with Crippen LogP contribution >= 0.6 is 0 Å². The Kier molecular flexibility index (Phi) is 1.29. The first-order valence-electron chi connectivity index (χ1n) is 4.10. The fourth-order valence-electron chi connectivity index (χ4n) is 2.42. The Balaban J connectivity index is 2.04. The zero-order chi connectivity index (χ0) is 7.19.